The van der Waals surface area contributed by atoms with E-state index in [1.54, 1.807) is 13.2 Å². The standard InChI is InChI=1S/C14H22N2O4S/c1-16-21(17,18)12-6-7-13(15)14(9-12)20-11-5-3-4-10(8-11)19-2/h6-7,9-11,16H,3-5,8,15H2,1-2H3. The third-order valence-electron chi connectivity index (χ3n) is 3.77. The van der Waals surface area contributed by atoms with Crippen molar-refractivity contribution < 1.29 is 17.9 Å². The molecule has 3 N–H and O–H groups in total. The summed E-state index contributed by atoms with van der Waals surface area (Å²) in [5.41, 5.74) is 6.32. The first-order valence-corrected chi connectivity index (χ1v) is 8.47. The predicted octanol–water partition coefficient (Wildman–Crippen LogP) is 1.51. The van der Waals surface area contributed by atoms with Crippen LogP contribution < -0.4 is 15.2 Å². The first-order valence-electron chi connectivity index (χ1n) is 6.99. The molecule has 2 atom stereocenters. The van der Waals surface area contributed by atoms with E-state index in [1.807, 2.05) is 0 Å². The van der Waals surface area contributed by atoms with Gasteiger partial charge in [-0.05, 0) is 38.4 Å². The molecule has 0 spiro atoms. The minimum atomic E-state index is -3.50. The molecule has 0 radical (unpaired) electrons. The molecule has 1 aliphatic rings. The molecule has 1 aliphatic carbocycles. The molecule has 0 aliphatic heterocycles. The topological polar surface area (TPSA) is 90.7 Å². The first-order chi connectivity index (χ1) is 9.96. The van der Waals surface area contributed by atoms with Crippen molar-refractivity contribution in [2.75, 3.05) is 19.9 Å². The molecule has 0 amide bonds. The number of nitrogens with one attached hydrogen (secondary N) is 1. The Morgan fingerprint density at radius 2 is 2.00 bits per heavy atom. The molecule has 2 rings (SSSR count). The Morgan fingerprint density at radius 3 is 2.67 bits per heavy atom. The number of hydrogen-bond donors (Lipinski definition) is 2. The molecule has 118 valence electrons. The van der Waals surface area contributed by atoms with Crippen LogP contribution in [0.25, 0.3) is 0 Å². The van der Waals surface area contributed by atoms with E-state index in [0.29, 0.717) is 11.4 Å². The van der Waals surface area contributed by atoms with Crippen LogP contribution in [0.1, 0.15) is 25.7 Å². The second-order valence-electron chi connectivity index (χ2n) is 5.17. The van der Waals surface area contributed by atoms with E-state index in [0.717, 1.165) is 25.7 Å². The Morgan fingerprint density at radius 1 is 1.29 bits per heavy atom. The van der Waals surface area contributed by atoms with Crippen LogP contribution in [-0.2, 0) is 14.8 Å². The molecule has 7 heteroatoms. The maximum atomic E-state index is 11.8. The number of nitrogens with two attached hydrogens (primary N) is 1. The minimum absolute atomic E-state index is 0.00135. The zero-order valence-corrected chi connectivity index (χ0v) is 13.2. The number of rotatable bonds is 5. The van der Waals surface area contributed by atoms with Gasteiger partial charge < -0.3 is 15.2 Å². The van der Waals surface area contributed by atoms with Crippen LogP contribution >= 0.6 is 0 Å². The Kier molecular flexibility index (Phi) is 5.08. The normalized spacial score (nSPS) is 23.0. The zero-order chi connectivity index (χ0) is 15.5. The van der Waals surface area contributed by atoms with Gasteiger partial charge in [0.15, 0.2) is 0 Å². The zero-order valence-electron chi connectivity index (χ0n) is 12.3. The van der Waals surface area contributed by atoms with Gasteiger partial charge in [-0.2, -0.15) is 0 Å². The van der Waals surface area contributed by atoms with Crippen molar-refractivity contribution in [2.45, 2.75) is 42.8 Å². The Hall–Kier alpha value is -1.31. The number of nitrogen functional groups attached to an aromatic ring is 1. The molecule has 0 bridgehead atoms. The largest absolute Gasteiger partial charge is 0.488 e. The molecular weight excluding hydrogens is 292 g/mol. The molecular formula is C14H22N2O4S. The van der Waals surface area contributed by atoms with Crippen LogP contribution in [-0.4, -0.2) is 34.8 Å². The summed E-state index contributed by atoms with van der Waals surface area (Å²) in [5, 5.41) is 0. The smallest absolute Gasteiger partial charge is 0.240 e. The van der Waals surface area contributed by atoms with E-state index in [9.17, 15) is 8.42 Å². The lowest BCUT2D eigenvalue weighted by Gasteiger charge is -2.29. The maximum absolute atomic E-state index is 11.8. The van der Waals surface area contributed by atoms with Gasteiger partial charge in [0.25, 0.3) is 0 Å². The monoisotopic (exact) mass is 314 g/mol. The highest BCUT2D eigenvalue weighted by Crippen LogP contribution is 2.30. The average Bonchev–Trinajstić information content (AvgIpc) is 2.49. The number of benzene rings is 1. The highest BCUT2D eigenvalue weighted by atomic mass is 32.2. The van der Waals surface area contributed by atoms with E-state index < -0.39 is 10.0 Å². The summed E-state index contributed by atoms with van der Waals surface area (Å²) in [6.45, 7) is 0. The van der Waals surface area contributed by atoms with Crippen molar-refractivity contribution in [2.24, 2.45) is 0 Å². The third-order valence-corrected chi connectivity index (χ3v) is 5.18. The van der Waals surface area contributed by atoms with Crippen LogP contribution in [0.2, 0.25) is 0 Å². The van der Waals surface area contributed by atoms with Gasteiger partial charge in [0.1, 0.15) is 11.9 Å². The Labute approximate surface area is 125 Å². The minimum Gasteiger partial charge on any atom is -0.488 e. The average molecular weight is 314 g/mol. The lowest BCUT2D eigenvalue weighted by atomic mass is 9.95. The van der Waals surface area contributed by atoms with Crippen molar-refractivity contribution in [3.63, 3.8) is 0 Å². The van der Waals surface area contributed by atoms with Crippen molar-refractivity contribution in [3.05, 3.63) is 18.2 Å². The van der Waals surface area contributed by atoms with Crippen LogP contribution in [0.3, 0.4) is 0 Å². The van der Waals surface area contributed by atoms with E-state index in [-0.39, 0.29) is 17.1 Å². The summed E-state index contributed by atoms with van der Waals surface area (Å²) in [6.07, 6.45) is 3.95. The Balaban J connectivity index is 2.18. The number of ether oxygens (including phenoxy) is 2. The number of hydrogen-bond acceptors (Lipinski definition) is 5. The lowest BCUT2D eigenvalue weighted by Crippen LogP contribution is -2.29. The maximum Gasteiger partial charge on any atom is 0.240 e. The number of sulfonamides is 1. The number of methoxy groups -OCH3 is 1. The molecule has 0 saturated heterocycles. The summed E-state index contributed by atoms with van der Waals surface area (Å²) in [7, 11) is -0.436. The van der Waals surface area contributed by atoms with E-state index in [2.05, 4.69) is 4.72 Å². The van der Waals surface area contributed by atoms with Crippen LogP contribution in [0, 0.1) is 0 Å². The van der Waals surface area contributed by atoms with Gasteiger partial charge in [-0.15, -0.1) is 0 Å². The van der Waals surface area contributed by atoms with Crippen LogP contribution in [0.15, 0.2) is 23.1 Å². The van der Waals surface area contributed by atoms with E-state index >= 15 is 0 Å². The van der Waals surface area contributed by atoms with Crippen molar-refractivity contribution >= 4 is 15.7 Å². The molecule has 0 aromatic heterocycles. The van der Waals surface area contributed by atoms with E-state index in [1.165, 1.54) is 19.2 Å². The van der Waals surface area contributed by atoms with Crippen LogP contribution in [0.5, 0.6) is 5.75 Å². The first kappa shape index (κ1) is 16.1. The van der Waals surface area contributed by atoms with Crippen LogP contribution in [0.4, 0.5) is 5.69 Å². The quantitative estimate of drug-likeness (QED) is 0.804. The summed E-state index contributed by atoms with van der Waals surface area (Å²) >= 11 is 0. The predicted molar refractivity (Wildman–Crippen MR) is 80.8 cm³/mol. The molecule has 2 unspecified atom stereocenters. The highest BCUT2D eigenvalue weighted by Gasteiger charge is 2.24. The van der Waals surface area contributed by atoms with Gasteiger partial charge in [0.05, 0.1) is 16.7 Å². The highest BCUT2D eigenvalue weighted by molar-refractivity contribution is 7.89. The van der Waals surface area contributed by atoms with Crippen molar-refractivity contribution in [3.8, 4) is 5.75 Å². The summed E-state index contributed by atoms with van der Waals surface area (Å²) in [5.74, 6) is 0.410. The fraction of sp³-hybridized carbons (Fsp3) is 0.571. The van der Waals surface area contributed by atoms with E-state index in [4.69, 9.17) is 15.2 Å². The van der Waals surface area contributed by atoms with Gasteiger partial charge in [0, 0.05) is 19.6 Å². The third kappa shape index (κ3) is 3.87. The molecule has 1 aromatic carbocycles. The second-order valence-corrected chi connectivity index (χ2v) is 7.06. The molecule has 6 nitrogen and oxygen atoms in total. The SMILES string of the molecule is CNS(=O)(=O)c1ccc(N)c(OC2CCCC(OC)C2)c1. The fourth-order valence-electron chi connectivity index (χ4n) is 2.50. The van der Waals surface area contributed by atoms with Gasteiger partial charge in [-0.1, -0.05) is 0 Å². The summed E-state index contributed by atoms with van der Waals surface area (Å²) in [4.78, 5) is 0.147. The lowest BCUT2D eigenvalue weighted by molar-refractivity contribution is 0.0211. The Bertz CT molecular complexity index is 589. The number of anilines is 1. The molecule has 1 aromatic rings. The second kappa shape index (κ2) is 6.64. The summed E-state index contributed by atoms with van der Waals surface area (Å²) < 4.78 is 37.2. The van der Waals surface area contributed by atoms with Gasteiger partial charge in [-0.3, -0.25) is 0 Å². The van der Waals surface area contributed by atoms with Gasteiger partial charge >= 0.3 is 0 Å². The molecule has 1 saturated carbocycles. The van der Waals surface area contributed by atoms with Gasteiger partial charge in [-0.25, -0.2) is 13.1 Å². The van der Waals surface area contributed by atoms with Crippen molar-refractivity contribution in [1.82, 2.24) is 4.72 Å². The summed E-state index contributed by atoms with van der Waals surface area (Å²) in [6, 6.07) is 4.49. The molecule has 1 fully saturated rings. The molecule has 0 heterocycles. The van der Waals surface area contributed by atoms with Gasteiger partial charge in [0.2, 0.25) is 10.0 Å². The molecule has 21 heavy (non-hydrogen) atoms. The fourth-order valence-corrected chi connectivity index (χ4v) is 3.25. The van der Waals surface area contributed by atoms with Crippen molar-refractivity contribution in [1.29, 1.82) is 0 Å².